The van der Waals surface area contributed by atoms with Crippen molar-refractivity contribution in [3.63, 3.8) is 0 Å². The third kappa shape index (κ3) is 3.23. The topological polar surface area (TPSA) is 42.4 Å². The van der Waals surface area contributed by atoms with Gasteiger partial charge >= 0.3 is 0 Å². The summed E-state index contributed by atoms with van der Waals surface area (Å²) in [5, 5.41) is 1.03. The van der Waals surface area contributed by atoms with E-state index in [9.17, 15) is 4.79 Å². The minimum Gasteiger partial charge on any atom is -0.496 e. The normalized spacial score (nSPS) is 10.6. The van der Waals surface area contributed by atoms with Gasteiger partial charge in [-0.05, 0) is 25.1 Å². The highest BCUT2D eigenvalue weighted by atomic mass is 16.5. The Morgan fingerprint density at radius 1 is 1.12 bits per heavy atom. The Hall–Kier alpha value is -2.88. The number of hydrogen-bond acceptors (Lipinski definition) is 3. The lowest BCUT2D eigenvalue weighted by Crippen LogP contribution is -2.27. The van der Waals surface area contributed by atoms with Crippen molar-refractivity contribution in [1.82, 2.24) is 9.88 Å². The van der Waals surface area contributed by atoms with Gasteiger partial charge in [0, 0.05) is 24.5 Å². The maximum Gasteiger partial charge on any atom is 0.272 e. The van der Waals surface area contributed by atoms with Gasteiger partial charge in [-0.15, -0.1) is 0 Å². The zero-order valence-corrected chi connectivity index (χ0v) is 14.1. The number of pyridine rings is 1. The first-order valence-electron chi connectivity index (χ1n) is 7.83. The van der Waals surface area contributed by atoms with Crippen molar-refractivity contribution >= 4 is 16.8 Å². The molecule has 122 valence electrons. The van der Waals surface area contributed by atoms with E-state index in [1.54, 1.807) is 25.1 Å². The van der Waals surface area contributed by atoms with Gasteiger partial charge in [-0.25, -0.2) is 4.98 Å². The number of fused-ring (bicyclic) bond motifs is 1. The van der Waals surface area contributed by atoms with Crippen LogP contribution in [-0.4, -0.2) is 29.9 Å². The number of aryl methyl sites for hydroxylation is 1. The van der Waals surface area contributed by atoms with Crippen molar-refractivity contribution in [3.05, 3.63) is 71.4 Å². The molecule has 0 bridgehead atoms. The van der Waals surface area contributed by atoms with Gasteiger partial charge in [0.1, 0.15) is 11.4 Å². The number of hydrogen-bond donors (Lipinski definition) is 0. The van der Waals surface area contributed by atoms with E-state index in [2.05, 4.69) is 4.98 Å². The molecule has 0 saturated heterocycles. The summed E-state index contributed by atoms with van der Waals surface area (Å²) in [4.78, 5) is 18.8. The summed E-state index contributed by atoms with van der Waals surface area (Å²) in [6, 6.07) is 17.4. The first kappa shape index (κ1) is 16.0. The Morgan fingerprint density at radius 3 is 2.71 bits per heavy atom. The predicted molar refractivity (Wildman–Crippen MR) is 95.3 cm³/mol. The molecule has 0 atom stereocenters. The van der Waals surface area contributed by atoms with Crippen LogP contribution in [0, 0.1) is 6.92 Å². The molecule has 0 aliphatic carbocycles. The van der Waals surface area contributed by atoms with Crippen LogP contribution in [0.25, 0.3) is 10.9 Å². The summed E-state index contributed by atoms with van der Waals surface area (Å²) < 4.78 is 5.39. The van der Waals surface area contributed by atoms with Crippen molar-refractivity contribution in [2.75, 3.05) is 14.2 Å². The maximum absolute atomic E-state index is 12.7. The lowest BCUT2D eigenvalue weighted by molar-refractivity contribution is 0.0779. The second-order valence-electron chi connectivity index (χ2n) is 5.87. The van der Waals surface area contributed by atoms with Crippen molar-refractivity contribution in [2.24, 2.45) is 0 Å². The molecule has 0 aliphatic heterocycles. The lowest BCUT2D eigenvalue weighted by atomic mass is 10.1. The van der Waals surface area contributed by atoms with Crippen LogP contribution >= 0.6 is 0 Å². The monoisotopic (exact) mass is 320 g/mol. The van der Waals surface area contributed by atoms with Crippen molar-refractivity contribution in [1.29, 1.82) is 0 Å². The first-order valence-corrected chi connectivity index (χ1v) is 7.83. The third-order valence-corrected chi connectivity index (χ3v) is 4.01. The van der Waals surface area contributed by atoms with Crippen LogP contribution in [0.1, 0.15) is 21.6 Å². The fourth-order valence-electron chi connectivity index (χ4n) is 2.74. The van der Waals surface area contributed by atoms with Gasteiger partial charge in [-0.1, -0.05) is 42.0 Å². The van der Waals surface area contributed by atoms with Crippen molar-refractivity contribution in [2.45, 2.75) is 13.5 Å². The standard InChI is InChI=1S/C20H20N2O2/c1-14-8-11-19(24-3)16(12-14)13-22(2)20(23)18-10-9-15-6-4-5-7-17(15)21-18/h4-12H,13H2,1-3H3. The Morgan fingerprint density at radius 2 is 1.92 bits per heavy atom. The molecule has 0 radical (unpaired) electrons. The minimum absolute atomic E-state index is 0.107. The van der Waals surface area contributed by atoms with Gasteiger partial charge in [0.2, 0.25) is 0 Å². The summed E-state index contributed by atoms with van der Waals surface area (Å²) >= 11 is 0. The molecule has 2 aromatic carbocycles. The number of benzene rings is 2. The van der Waals surface area contributed by atoms with E-state index in [1.165, 1.54) is 0 Å². The highest BCUT2D eigenvalue weighted by Gasteiger charge is 2.16. The molecule has 0 fully saturated rings. The zero-order valence-electron chi connectivity index (χ0n) is 14.1. The fraction of sp³-hybridized carbons (Fsp3) is 0.200. The molecule has 0 N–H and O–H groups in total. The molecule has 4 heteroatoms. The molecule has 1 amide bonds. The molecular formula is C20H20N2O2. The van der Waals surface area contributed by atoms with Gasteiger partial charge in [0.05, 0.1) is 12.6 Å². The Kier molecular flexibility index (Phi) is 4.47. The van der Waals surface area contributed by atoms with E-state index in [-0.39, 0.29) is 5.91 Å². The summed E-state index contributed by atoms with van der Waals surface area (Å²) in [6.45, 7) is 2.49. The summed E-state index contributed by atoms with van der Waals surface area (Å²) in [5.74, 6) is 0.677. The number of carbonyl (C=O) groups is 1. The third-order valence-electron chi connectivity index (χ3n) is 4.01. The maximum atomic E-state index is 12.7. The van der Waals surface area contributed by atoms with E-state index >= 15 is 0 Å². The molecule has 1 aromatic heterocycles. The number of carbonyl (C=O) groups excluding carboxylic acids is 1. The molecule has 4 nitrogen and oxygen atoms in total. The van der Waals surface area contributed by atoms with Crippen LogP contribution < -0.4 is 4.74 Å². The summed E-state index contributed by atoms with van der Waals surface area (Å²) in [6.07, 6.45) is 0. The number of amides is 1. The quantitative estimate of drug-likeness (QED) is 0.734. The molecule has 1 heterocycles. The molecule has 24 heavy (non-hydrogen) atoms. The number of methoxy groups -OCH3 is 1. The Bertz CT molecular complexity index is 890. The number of ether oxygens (including phenoxy) is 1. The molecule has 0 spiro atoms. The zero-order chi connectivity index (χ0) is 17.1. The van der Waals surface area contributed by atoms with Gasteiger partial charge < -0.3 is 9.64 Å². The van der Waals surface area contributed by atoms with Gasteiger partial charge in [-0.2, -0.15) is 0 Å². The second kappa shape index (κ2) is 6.71. The number of rotatable bonds is 4. The van der Waals surface area contributed by atoms with E-state index in [0.29, 0.717) is 12.2 Å². The van der Waals surface area contributed by atoms with Crippen molar-refractivity contribution < 1.29 is 9.53 Å². The van der Waals surface area contributed by atoms with Gasteiger partial charge in [0.25, 0.3) is 5.91 Å². The Balaban J connectivity index is 1.85. The highest BCUT2D eigenvalue weighted by Crippen LogP contribution is 2.22. The van der Waals surface area contributed by atoms with Gasteiger partial charge in [-0.3, -0.25) is 4.79 Å². The van der Waals surface area contributed by atoms with E-state index in [4.69, 9.17) is 4.74 Å². The fourth-order valence-corrected chi connectivity index (χ4v) is 2.74. The van der Waals surface area contributed by atoms with Gasteiger partial charge in [0.15, 0.2) is 0 Å². The largest absolute Gasteiger partial charge is 0.496 e. The summed E-state index contributed by atoms with van der Waals surface area (Å²) in [5.41, 5.74) is 3.39. The smallest absolute Gasteiger partial charge is 0.272 e. The molecule has 0 aliphatic rings. The van der Waals surface area contributed by atoms with Crippen LogP contribution in [0.15, 0.2) is 54.6 Å². The molecule has 3 rings (SSSR count). The van der Waals surface area contributed by atoms with Crippen molar-refractivity contribution in [3.8, 4) is 5.75 Å². The average molecular weight is 320 g/mol. The highest BCUT2D eigenvalue weighted by molar-refractivity contribution is 5.94. The SMILES string of the molecule is COc1ccc(C)cc1CN(C)C(=O)c1ccc2ccccc2n1. The van der Waals surface area contributed by atoms with E-state index < -0.39 is 0 Å². The number of para-hydroxylation sites is 1. The number of nitrogens with zero attached hydrogens (tertiary/aromatic N) is 2. The predicted octanol–water partition coefficient (Wildman–Crippen LogP) is 3.82. The van der Waals surface area contributed by atoms with E-state index in [0.717, 1.165) is 27.8 Å². The van der Waals surface area contributed by atoms with Crippen LogP contribution in [0.3, 0.4) is 0 Å². The van der Waals surface area contributed by atoms with Crippen LogP contribution in [0.4, 0.5) is 0 Å². The molecule has 3 aromatic rings. The van der Waals surface area contributed by atoms with E-state index in [1.807, 2.05) is 55.5 Å². The molecular weight excluding hydrogens is 300 g/mol. The first-order chi connectivity index (χ1) is 11.6. The Labute approximate surface area is 141 Å². The average Bonchev–Trinajstić information content (AvgIpc) is 2.61. The molecule has 0 unspecified atom stereocenters. The summed E-state index contributed by atoms with van der Waals surface area (Å²) in [7, 11) is 3.42. The minimum atomic E-state index is -0.107. The van der Waals surface area contributed by atoms with Crippen LogP contribution in [-0.2, 0) is 6.54 Å². The number of aromatic nitrogens is 1. The van der Waals surface area contributed by atoms with Crippen LogP contribution in [0.2, 0.25) is 0 Å². The second-order valence-corrected chi connectivity index (χ2v) is 5.87. The van der Waals surface area contributed by atoms with Crippen LogP contribution in [0.5, 0.6) is 5.75 Å². The lowest BCUT2D eigenvalue weighted by Gasteiger charge is -2.19. The molecule has 0 saturated carbocycles.